The number of aliphatic hydroxyl groups excluding tert-OH is 1. The number of ketones is 1. The molecule has 1 N–H and O–H groups in total. The minimum atomic E-state index is -0.978. The number of benzene rings is 3. The maximum atomic E-state index is 11.5. The van der Waals surface area contributed by atoms with Crippen molar-refractivity contribution in [2.45, 2.75) is 106 Å². The molecular formula is C44H60ClN3O22. The number of aliphatic hydroxyl groups is 1. The maximum Gasteiger partial charge on any atom is 0.513 e. The minimum Gasteiger partial charge on any atom is -0.431 e. The number of ether oxygens (including phenoxy) is 11. The van der Waals surface area contributed by atoms with Gasteiger partial charge in [-0.2, -0.15) is 0 Å². The van der Waals surface area contributed by atoms with E-state index in [1.807, 2.05) is 13.8 Å². The van der Waals surface area contributed by atoms with Crippen LogP contribution in [0.1, 0.15) is 70.2 Å². The van der Waals surface area contributed by atoms with E-state index in [4.69, 9.17) is 64.1 Å². The van der Waals surface area contributed by atoms with Gasteiger partial charge in [0.2, 0.25) is 0 Å². The summed E-state index contributed by atoms with van der Waals surface area (Å²) in [6.45, 7) is 15.0. The summed E-state index contributed by atoms with van der Waals surface area (Å²) in [5.41, 5.74) is -1.23. The lowest BCUT2D eigenvalue weighted by Crippen LogP contribution is -2.26. The molecule has 70 heavy (non-hydrogen) atoms. The topological polar surface area (TPSA) is 319 Å². The number of non-ortho nitro benzene ring substituents is 3. The highest BCUT2D eigenvalue weighted by molar-refractivity contribution is 6.61. The van der Waals surface area contributed by atoms with Gasteiger partial charge < -0.3 is 62.0 Å². The number of nitro benzene ring substituents is 3. The van der Waals surface area contributed by atoms with Crippen molar-refractivity contribution in [3.8, 4) is 17.2 Å². The molecule has 3 fully saturated rings. The normalized spacial score (nSPS) is 18.3. The van der Waals surface area contributed by atoms with E-state index in [2.05, 4.69) is 4.74 Å². The van der Waals surface area contributed by atoms with E-state index >= 15 is 0 Å². The van der Waals surface area contributed by atoms with Crippen LogP contribution in [0.2, 0.25) is 0 Å². The summed E-state index contributed by atoms with van der Waals surface area (Å²) in [6, 6.07) is 15.2. The predicted molar refractivity (Wildman–Crippen MR) is 247 cm³/mol. The first-order valence-electron chi connectivity index (χ1n) is 20.0. The van der Waals surface area contributed by atoms with Crippen LogP contribution in [0.25, 0.3) is 0 Å². The van der Waals surface area contributed by atoms with Crippen LogP contribution in [0.5, 0.6) is 17.2 Å². The summed E-state index contributed by atoms with van der Waals surface area (Å²) in [5, 5.41) is 39.8. The van der Waals surface area contributed by atoms with Crippen LogP contribution in [0.15, 0.2) is 72.8 Å². The Labute approximate surface area is 408 Å². The Bertz CT molecular complexity index is 2030. The first kappa shape index (κ1) is 63.5. The zero-order valence-corrected chi connectivity index (χ0v) is 38.9. The number of Topliss-reactive ketones (excluding diaryl/α,β-unsaturated/α-hetero) is 1. The van der Waals surface area contributed by atoms with Gasteiger partial charge >= 0.3 is 17.7 Å². The molecule has 3 aliphatic heterocycles. The van der Waals surface area contributed by atoms with Gasteiger partial charge in [-0.25, -0.2) is 14.4 Å². The van der Waals surface area contributed by atoms with Gasteiger partial charge in [-0.1, -0.05) is 14.9 Å². The molecule has 0 bridgehead atoms. The first-order valence-corrected chi connectivity index (χ1v) is 20.4. The zero-order chi connectivity index (χ0) is 51.2. The molecule has 26 heteroatoms. The summed E-state index contributed by atoms with van der Waals surface area (Å²) in [4.78, 5) is 72.2. The largest absolute Gasteiger partial charge is 0.513 e. The molecule has 3 aromatic rings. The zero-order valence-electron chi connectivity index (χ0n) is 38.1. The van der Waals surface area contributed by atoms with E-state index in [-0.39, 0.29) is 93.1 Å². The van der Waals surface area contributed by atoms with Crippen LogP contribution >= 0.6 is 11.6 Å². The molecule has 3 heterocycles. The lowest BCUT2D eigenvalue weighted by atomic mass is 10.3. The van der Waals surface area contributed by atoms with Crippen LogP contribution in [-0.4, -0.2) is 119 Å². The van der Waals surface area contributed by atoms with Crippen molar-refractivity contribution >= 4 is 52.2 Å². The van der Waals surface area contributed by atoms with E-state index < -0.39 is 49.9 Å². The SMILES string of the molecule is C.C.CC(C)=O.CC1(C)OCC(CO)O1.CC1(C)OCC(COC(=O)Oc2ccc([N+](=O)[O-])cc2)O1.CC1(C)OCC(COC(=O)Oc2ccc([N+](=O)[O-])cc2)O1.O=C(Cl)Oc1ccc([N+](=O)[O-])cc1. The van der Waals surface area contributed by atoms with Gasteiger partial charge in [-0.3, -0.25) is 30.3 Å². The third-order valence-electron chi connectivity index (χ3n) is 7.92. The van der Waals surface area contributed by atoms with Crippen LogP contribution in [0, 0.1) is 30.3 Å². The highest BCUT2D eigenvalue weighted by Gasteiger charge is 2.35. The Kier molecular flexibility index (Phi) is 27.4. The second-order valence-corrected chi connectivity index (χ2v) is 15.7. The second kappa shape index (κ2) is 30.2. The summed E-state index contributed by atoms with van der Waals surface area (Å²) in [7, 11) is 0. The van der Waals surface area contributed by atoms with Crippen LogP contribution in [0.4, 0.5) is 31.4 Å². The molecule has 6 rings (SSSR count). The summed E-state index contributed by atoms with van der Waals surface area (Å²) >= 11 is 4.92. The smallest absolute Gasteiger partial charge is 0.431 e. The van der Waals surface area contributed by atoms with Crippen molar-refractivity contribution < 1.29 is 91.2 Å². The predicted octanol–water partition coefficient (Wildman–Crippen LogP) is 8.85. The monoisotopic (exact) mass is 1020 g/mol. The Hall–Kier alpha value is -6.45. The Balaban J connectivity index is 0.000000910. The van der Waals surface area contributed by atoms with E-state index in [1.54, 1.807) is 27.7 Å². The van der Waals surface area contributed by atoms with Gasteiger partial charge in [0.1, 0.15) is 54.6 Å². The molecule has 390 valence electrons. The molecule has 3 aromatic carbocycles. The number of halogens is 1. The average Bonchev–Trinajstić information content (AvgIpc) is 3.93. The second-order valence-electron chi connectivity index (χ2n) is 15.4. The van der Waals surface area contributed by atoms with E-state index in [0.29, 0.717) is 19.8 Å². The Morgan fingerprint density at radius 1 is 0.557 bits per heavy atom. The fourth-order valence-electron chi connectivity index (χ4n) is 5.12. The molecule has 3 saturated heterocycles. The number of nitro groups is 3. The molecule has 0 amide bonds. The van der Waals surface area contributed by atoms with Crippen molar-refractivity contribution in [1.29, 1.82) is 0 Å². The molecule has 0 aromatic heterocycles. The number of hydrogen-bond donors (Lipinski definition) is 1. The fourth-order valence-corrected chi connectivity index (χ4v) is 5.21. The fraction of sp³-hybridized carbons (Fsp3) is 0.500. The molecule has 0 aliphatic carbocycles. The third kappa shape index (κ3) is 26.3. The number of hydrogen-bond acceptors (Lipinski definition) is 22. The number of carbonyl (C=O) groups excluding carboxylic acids is 4. The summed E-state index contributed by atoms with van der Waals surface area (Å²) < 4.78 is 56.0. The molecule has 3 unspecified atom stereocenters. The van der Waals surface area contributed by atoms with Crippen LogP contribution < -0.4 is 14.2 Å². The van der Waals surface area contributed by atoms with Gasteiger partial charge in [-0.15, -0.1) is 0 Å². The van der Waals surface area contributed by atoms with Crippen molar-refractivity contribution in [3.63, 3.8) is 0 Å². The Morgan fingerprint density at radius 2 is 0.814 bits per heavy atom. The highest BCUT2D eigenvalue weighted by Crippen LogP contribution is 2.25. The summed E-state index contributed by atoms with van der Waals surface area (Å²) in [6.07, 6.45) is -2.62. The molecule has 3 aliphatic rings. The number of carbonyl (C=O) groups is 4. The lowest BCUT2D eigenvalue weighted by Gasteiger charge is -2.16. The third-order valence-corrected chi connectivity index (χ3v) is 8.00. The standard InChI is InChI=1S/2C13H15NO7.C7H4ClNO4.C6H12O3.C3H6O.2CH4/c2*1-13(2)19-8-11(21-13)7-18-12(15)20-10-5-3-9(4-6-10)14(16)17;8-7(10)13-6-3-1-5(2-4-6)9(11)12;1-6(2)8-4-5(3-7)9-6;1-3(2)4;;/h2*3-6,11H,7-8H2,1-2H3;1-4H;5,7H,3-4H2,1-2H3;1-2H3;2*1H4. The minimum absolute atomic E-state index is 0. The molecule has 0 radical (unpaired) electrons. The molecule has 25 nitrogen and oxygen atoms in total. The van der Waals surface area contributed by atoms with Crippen LogP contribution in [0.3, 0.4) is 0 Å². The Morgan fingerprint density at radius 3 is 1.01 bits per heavy atom. The molecule has 3 atom stereocenters. The van der Waals surface area contributed by atoms with Crippen molar-refractivity contribution in [3.05, 3.63) is 103 Å². The van der Waals surface area contributed by atoms with Gasteiger partial charge in [0, 0.05) is 48.0 Å². The van der Waals surface area contributed by atoms with Gasteiger partial charge in [0.05, 0.1) is 41.2 Å². The van der Waals surface area contributed by atoms with Crippen molar-refractivity contribution in [1.82, 2.24) is 0 Å². The highest BCUT2D eigenvalue weighted by atomic mass is 35.5. The summed E-state index contributed by atoms with van der Waals surface area (Å²) in [5.74, 6) is -1.20. The van der Waals surface area contributed by atoms with Gasteiger partial charge in [0.15, 0.2) is 17.4 Å². The van der Waals surface area contributed by atoms with Gasteiger partial charge in [0.25, 0.3) is 17.1 Å². The van der Waals surface area contributed by atoms with Gasteiger partial charge in [-0.05, 0) is 91.8 Å². The maximum absolute atomic E-state index is 11.5. The van der Waals surface area contributed by atoms with E-state index in [0.717, 1.165) is 0 Å². The van der Waals surface area contributed by atoms with Crippen LogP contribution in [-0.2, 0) is 42.7 Å². The van der Waals surface area contributed by atoms with Crippen molar-refractivity contribution in [2.24, 2.45) is 0 Å². The number of nitrogens with zero attached hydrogens (tertiary/aromatic N) is 3. The number of rotatable bonds is 11. The molecule has 0 spiro atoms. The average molecular weight is 1020 g/mol. The van der Waals surface area contributed by atoms with Crippen molar-refractivity contribution in [2.75, 3.05) is 39.6 Å². The first-order chi connectivity index (χ1) is 31.7. The molecular weight excluding hydrogens is 958 g/mol. The lowest BCUT2D eigenvalue weighted by molar-refractivity contribution is -0.385. The van der Waals surface area contributed by atoms with E-state index in [1.165, 1.54) is 86.6 Å². The van der Waals surface area contributed by atoms with E-state index in [9.17, 15) is 49.5 Å². The quantitative estimate of drug-likeness (QED) is 0.0616. The molecule has 0 saturated carbocycles.